The molecule has 0 aliphatic carbocycles. The summed E-state index contributed by atoms with van der Waals surface area (Å²) in [6, 6.07) is 13.5. The second-order valence-electron chi connectivity index (χ2n) is 5.17. The van der Waals surface area contributed by atoms with Gasteiger partial charge in [0, 0.05) is 18.2 Å². The van der Waals surface area contributed by atoms with Crippen molar-refractivity contribution in [1.29, 1.82) is 0 Å². The van der Waals surface area contributed by atoms with Crippen LogP contribution in [0.1, 0.15) is 25.0 Å². The van der Waals surface area contributed by atoms with Crippen LogP contribution in [0.5, 0.6) is 11.5 Å². The summed E-state index contributed by atoms with van der Waals surface area (Å²) in [4.78, 5) is 0. The van der Waals surface area contributed by atoms with Crippen LogP contribution in [-0.4, -0.2) is 11.1 Å². The number of hydrogen-bond donors (Lipinski definition) is 2. The summed E-state index contributed by atoms with van der Waals surface area (Å²) in [6.45, 7) is 4.86. The van der Waals surface area contributed by atoms with Crippen LogP contribution >= 0.6 is 11.6 Å². The number of rotatable bonds is 6. The zero-order valence-electron chi connectivity index (χ0n) is 12.3. The molecule has 0 saturated heterocycles. The number of benzene rings is 2. The third-order valence-corrected chi connectivity index (χ3v) is 3.35. The van der Waals surface area contributed by atoms with E-state index < -0.39 is 0 Å². The Labute approximate surface area is 130 Å². The van der Waals surface area contributed by atoms with Gasteiger partial charge < -0.3 is 15.2 Å². The first-order valence-electron chi connectivity index (χ1n) is 6.98. The van der Waals surface area contributed by atoms with Gasteiger partial charge in [-0.05, 0) is 23.8 Å². The third kappa shape index (κ3) is 4.46. The second-order valence-corrected chi connectivity index (χ2v) is 5.58. The molecule has 112 valence electrons. The van der Waals surface area contributed by atoms with Gasteiger partial charge >= 0.3 is 0 Å². The first-order valence-corrected chi connectivity index (χ1v) is 7.36. The highest BCUT2D eigenvalue weighted by Crippen LogP contribution is 2.33. The quantitative estimate of drug-likeness (QED) is 0.843. The maximum Gasteiger partial charge on any atom is 0.150 e. The number of ether oxygens (including phenoxy) is 1. The van der Waals surface area contributed by atoms with E-state index in [-0.39, 0.29) is 6.61 Å². The summed E-state index contributed by atoms with van der Waals surface area (Å²) >= 11 is 6.27. The summed E-state index contributed by atoms with van der Waals surface area (Å²) in [7, 11) is 0. The van der Waals surface area contributed by atoms with Crippen LogP contribution in [-0.2, 0) is 13.2 Å². The largest absolute Gasteiger partial charge is 0.455 e. The molecule has 0 bridgehead atoms. The third-order valence-electron chi connectivity index (χ3n) is 3.05. The Morgan fingerprint density at radius 3 is 2.67 bits per heavy atom. The molecular weight excluding hydrogens is 286 g/mol. The molecule has 0 spiro atoms. The summed E-state index contributed by atoms with van der Waals surface area (Å²) in [5, 5.41) is 13.1. The second kappa shape index (κ2) is 7.46. The molecule has 2 aromatic carbocycles. The molecule has 2 aromatic rings. The Balaban J connectivity index is 2.25. The van der Waals surface area contributed by atoms with Gasteiger partial charge in [0.1, 0.15) is 11.5 Å². The Kier molecular flexibility index (Phi) is 5.62. The lowest BCUT2D eigenvalue weighted by molar-refractivity contribution is 0.281. The van der Waals surface area contributed by atoms with E-state index in [1.165, 1.54) is 0 Å². The van der Waals surface area contributed by atoms with Crippen LogP contribution in [0, 0.1) is 0 Å². The lowest BCUT2D eigenvalue weighted by Crippen LogP contribution is -2.22. The van der Waals surface area contributed by atoms with Gasteiger partial charge in [0.2, 0.25) is 0 Å². The molecule has 0 atom stereocenters. The molecule has 0 heterocycles. The summed E-state index contributed by atoms with van der Waals surface area (Å²) < 4.78 is 5.93. The fraction of sp³-hybridized carbons (Fsp3) is 0.294. The maximum atomic E-state index is 9.19. The molecule has 0 unspecified atom stereocenters. The number of para-hydroxylation sites is 1. The van der Waals surface area contributed by atoms with E-state index in [1.54, 1.807) is 0 Å². The summed E-state index contributed by atoms with van der Waals surface area (Å²) in [6.07, 6.45) is 0. The van der Waals surface area contributed by atoms with E-state index in [4.69, 9.17) is 16.3 Å². The van der Waals surface area contributed by atoms with Crippen molar-refractivity contribution in [2.24, 2.45) is 0 Å². The number of halogens is 1. The standard InChI is InChI=1S/C17H20ClNO2/c1-12(2)19-10-14-6-4-8-16(18)17(14)21-15-7-3-5-13(9-15)11-20/h3-9,12,19-20H,10-11H2,1-2H3. The Hall–Kier alpha value is -1.55. The lowest BCUT2D eigenvalue weighted by atomic mass is 10.2. The van der Waals surface area contributed by atoms with E-state index in [0.717, 1.165) is 11.1 Å². The minimum absolute atomic E-state index is 0.0124. The molecular formula is C17H20ClNO2. The molecule has 3 nitrogen and oxygen atoms in total. The van der Waals surface area contributed by atoms with Crippen LogP contribution in [0.3, 0.4) is 0 Å². The molecule has 4 heteroatoms. The molecule has 0 amide bonds. The molecule has 2 rings (SSSR count). The van der Waals surface area contributed by atoms with Gasteiger partial charge in [-0.15, -0.1) is 0 Å². The average Bonchev–Trinajstić information content (AvgIpc) is 2.48. The molecule has 0 saturated carbocycles. The molecule has 0 aromatic heterocycles. The smallest absolute Gasteiger partial charge is 0.150 e. The number of aliphatic hydroxyl groups excluding tert-OH is 1. The highest BCUT2D eigenvalue weighted by Gasteiger charge is 2.10. The Morgan fingerprint density at radius 2 is 1.95 bits per heavy atom. The van der Waals surface area contributed by atoms with E-state index in [2.05, 4.69) is 19.2 Å². The first kappa shape index (κ1) is 15.8. The SMILES string of the molecule is CC(C)NCc1cccc(Cl)c1Oc1cccc(CO)c1. The van der Waals surface area contributed by atoms with E-state index >= 15 is 0 Å². The van der Waals surface area contributed by atoms with E-state index in [9.17, 15) is 5.11 Å². The van der Waals surface area contributed by atoms with Crippen molar-refractivity contribution in [3.63, 3.8) is 0 Å². The normalized spacial score (nSPS) is 10.9. The molecule has 0 fully saturated rings. The molecule has 0 aliphatic rings. The maximum absolute atomic E-state index is 9.19. The predicted molar refractivity (Wildman–Crippen MR) is 85.9 cm³/mol. The number of aliphatic hydroxyl groups is 1. The van der Waals surface area contributed by atoms with Crippen molar-refractivity contribution in [2.45, 2.75) is 33.0 Å². The topological polar surface area (TPSA) is 41.5 Å². The zero-order valence-corrected chi connectivity index (χ0v) is 13.0. The fourth-order valence-corrected chi connectivity index (χ4v) is 2.18. The highest BCUT2D eigenvalue weighted by atomic mass is 35.5. The molecule has 2 N–H and O–H groups in total. The highest BCUT2D eigenvalue weighted by molar-refractivity contribution is 6.32. The van der Waals surface area contributed by atoms with Crippen molar-refractivity contribution in [3.8, 4) is 11.5 Å². The van der Waals surface area contributed by atoms with Gasteiger partial charge in [-0.3, -0.25) is 0 Å². The summed E-state index contributed by atoms with van der Waals surface area (Å²) in [5.74, 6) is 1.32. The van der Waals surface area contributed by atoms with Gasteiger partial charge in [-0.2, -0.15) is 0 Å². The zero-order chi connectivity index (χ0) is 15.2. The summed E-state index contributed by atoms with van der Waals surface area (Å²) in [5.41, 5.74) is 1.81. The van der Waals surface area contributed by atoms with Crippen molar-refractivity contribution >= 4 is 11.6 Å². The molecule has 0 radical (unpaired) electrons. The number of nitrogens with one attached hydrogen (secondary N) is 1. The van der Waals surface area contributed by atoms with Gasteiger partial charge in [0.15, 0.2) is 0 Å². The van der Waals surface area contributed by atoms with Crippen LogP contribution in [0.25, 0.3) is 0 Å². The van der Waals surface area contributed by atoms with E-state index in [0.29, 0.717) is 29.1 Å². The van der Waals surface area contributed by atoms with Crippen molar-refractivity contribution in [2.75, 3.05) is 0 Å². The monoisotopic (exact) mass is 305 g/mol. The van der Waals surface area contributed by atoms with Crippen LogP contribution < -0.4 is 10.1 Å². The minimum Gasteiger partial charge on any atom is -0.455 e. The lowest BCUT2D eigenvalue weighted by Gasteiger charge is -2.15. The fourth-order valence-electron chi connectivity index (χ4n) is 1.95. The van der Waals surface area contributed by atoms with Crippen molar-refractivity contribution in [3.05, 3.63) is 58.6 Å². The molecule has 21 heavy (non-hydrogen) atoms. The van der Waals surface area contributed by atoms with Crippen LogP contribution in [0.15, 0.2) is 42.5 Å². The Morgan fingerprint density at radius 1 is 1.19 bits per heavy atom. The van der Waals surface area contributed by atoms with Crippen molar-refractivity contribution in [1.82, 2.24) is 5.32 Å². The van der Waals surface area contributed by atoms with Crippen LogP contribution in [0.4, 0.5) is 0 Å². The number of hydrogen-bond acceptors (Lipinski definition) is 3. The minimum atomic E-state index is -0.0124. The van der Waals surface area contributed by atoms with E-state index in [1.807, 2.05) is 42.5 Å². The van der Waals surface area contributed by atoms with Gasteiger partial charge in [0.25, 0.3) is 0 Å². The first-order chi connectivity index (χ1) is 10.1. The van der Waals surface area contributed by atoms with Gasteiger partial charge in [-0.25, -0.2) is 0 Å². The molecule has 0 aliphatic heterocycles. The van der Waals surface area contributed by atoms with Gasteiger partial charge in [0.05, 0.1) is 11.6 Å². The van der Waals surface area contributed by atoms with Gasteiger partial charge in [-0.1, -0.05) is 49.7 Å². The predicted octanol–water partition coefficient (Wildman–Crippen LogP) is 4.12. The Bertz CT molecular complexity index is 599. The van der Waals surface area contributed by atoms with Crippen LogP contribution in [0.2, 0.25) is 5.02 Å². The van der Waals surface area contributed by atoms with Crippen molar-refractivity contribution < 1.29 is 9.84 Å². The average molecular weight is 306 g/mol.